The molecule has 0 aliphatic rings. The molecule has 0 aromatic heterocycles. The monoisotopic (exact) mass is 451 g/mol. The number of thiocarbonyl (C=S) groups is 1. The Morgan fingerprint density at radius 3 is 2.39 bits per heavy atom. The summed E-state index contributed by atoms with van der Waals surface area (Å²) in [5.41, 5.74) is 4.63. The van der Waals surface area contributed by atoms with Crippen LogP contribution in [-0.2, 0) is 4.79 Å². The van der Waals surface area contributed by atoms with Crippen molar-refractivity contribution in [3.05, 3.63) is 77.9 Å². The molecule has 0 spiro atoms. The number of carbonyl (C=O) groups excluding carboxylic acids is 1. The number of hydrogen-bond donors (Lipinski definition) is 3. The van der Waals surface area contributed by atoms with E-state index in [4.69, 9.17) is 17.0 Å². The molecule has 0 saturated carbocycles. The molecule has 0 fully saturated rings. The van der Waals surface area contributed by atoms with E-state index in [2.05, 4.69) is 16.0 Å². The predicted octanol–water partition coefficient (Wildman–Crippen LogP) is 5.85. The van der Waals surface area contributed by atoms with Crippen molar-refractivity contribution in [2.75, 3.05) is 28.8 Å². The molecule has 160 valence electrons. The van der Waals surface area contributed by atoms with Crippen molar-refractivity contribution in [3.8, 4) is 5.75 Å². The van der Waals surface area contributed by atoms with Crippen LogP contribution >= 0.6 is 24.0 Å². The molecule has 0 unspecified atom stereocenters. The minimum Gasteiger partial charge on any atom is -0.495 e. The van der Waals surface area contributed by atoms with E-state index in [0.29, 0.717) is 16.6 Å². The number of aryl methyl sites for hydroxylation is 2. The van der Waals surface area contributed by atoms with E-state index in [1.165, 1.54) is 11.8 Å². The number of carbonyl (C=O) groups is 1. The minimum absolute atomic E-state index is 0.0332. The van der Waals surface area contributed by atoms with Crippen molar-refractivity contribution in [2.24, 2.45) is 0 Å². The normalized spacial score (nSPS) is 10.3. The maximum Gasteiger partial charge on any atom is 0.234 e. The smallest absolute Gasteiger partial charge is 0.234 e. The maximum absolute atomic E-state index is 12.4. The van der Waals surface area contributed by atoms with Crippen LogP contribution in [0, 0.1) is 13.8 Å². The van der Waals surface area contributed by atoms with Crippen LogP contribution in [0.2, 0.25) is 0 Å². The molecule has 0 radical (unpaired) electrons. The Balaban J connectivity index is 1.56. The van der Waals surface area contributed by atoms with Crippen LogP contribution in [0.3, 0.4) is 0 Å². The number of thioether (sulfide) groups is 1. The van der Waals surface area contributed by atoms with Crippen molar-refractivity contribution >= 4 is 52.1 Å². The number of methoxy groups -OCH3 is 1. The van der Waals surface area contributed by atoms with Crippen molar-refractivity contribution in [1.29, 1.82) is 0 Å². The number of nitrogens with one attached hydrogen (secondary N) is 3. The van der Waals surface area contributed by atoms with E-state index in [-0.39, 0.29) is 5.91 Å². The van der Waals surface area contributed by atoms with Crippen LogP contribution in [-0.4, -0.2) is 23.9 Å². The molecule has 5 nitrogen and oxygen atoms in total. The lowest BCUT2D eigenvalue weighted by Gasteiger charge is -2.14. The van der Waals surface area contributed by atoms with E-state index in [1.807, 2.05) is 80.6 Å². The van der Waals surface area contributed by atoms with Crippen LogP contribution in [0.5, 0.6) is 5.75 Å². The standard InChI is InChI=1S/C24H25N3O2S2/c1-16-8-6-9-17(2)23(16)27-22(28)15-31-19-11-7-10-18(14-19)25-24(30)26-20-12-4-5-13-21(20)29-3/h4-14H,15H2,1-3H3,(H,27,28)(H2,25,26,30). The van der Waals surface area contributed by atoms with Gasteiger partial charge in [0.1, 0.15) is 5.75 Å². The fourth-order valence-corrected chi connectivity index (χ4v) is 4.02. The minimum atomic E-state index is -0.0332. The third-order valence-electron chi connectivity index (χ3n) is 4.56. The molecular formula is C24H25N3O2S2. The number of ether oxygens (including phenoxy) is 1. The van der Waals surface area contributed by atoms with Crippen molar-refractivity contribution in [2.45, 2.75) is 18.7 Å². The number of benzene rings is 3. The fraction of sp³-hybridized carbons (Fsp3) is 0.167. The number of anilines is 3. The molecular weight excluding hydrogens is 426 g/mol. The number of rotatable bonds is 7. The van der Waals surface area contributed by atoms with E-state index in [9.17, 15) is 4.79 Å². The van der Waals surface area contributed by atoms with Gasteiger partial charge in [-0.3, -0.25) is 4.79 Å². The molecule has 7 heteroatoms. The van der Waals surface area contributed by atoms with Gasteiger partial charge in [-0.15, -0.1) is 11.8 Å². The summed E-state index contributed by atoms with van der Waals surface area (Å²) in [6.07, 6.45) is 0. The van der Waals surface area contributed by atoms with Crippen LogP contribution in [0.25, 0.3) is 0 Å². The van der Waals surface area contributed by atoms with Crippen LogP contribution < -0.4 is 20.7 Å². The third kappa shape index (κ3) is 6.47. The summed E-state index contributed by atoms with van der Waals surface area (Å²) in [6, 6.07) is 21.3. The Hall–Kier alpha value is -3.03. The molecule has 1 amide bonds. The molecule has 0 aliphatic heterocycles. The predicted molar refractivity (Wildman–Crippen MR) is 135 cm³/mol. The van der Waals surface area contributed by atoms with Gasteiger partial charge in [0.25, 0.3) is 0 Å². The van der Waals surface area contributed by atoms with Crippen molar-refractivity contribution in [3.63, 3.8) is 0 Å². The Morgan fingerprint density at radius 1 is 0.935 bits per heavy atom. The van der Waals surface area contributed by atoms with E-state index in [0.717, 1.165) is 33.1 Å². The molecule has 0 aliphatic carbocycles. The summed E-state index contributed by atoms with van der Waals surface area (Å²) in [5.74, 6) is 1.00. The SMILES string of the molecule is COc1ccccc1NC(=S)Nc1cccc(SCC(=O)Nc2c(C)cccc2C)c1. The van der Waals surface area contributed by atoms with Gasteiger partial charge in [-0.05, 0) is 67.5 Å². The topological polar surface area (TPSA) is 62.4 Å². The average Bonchev–Trinajstić information content (AvgIpc) is 2.75. The molecule has 31 heavy (non-hydrogen) atoms. The zero-order chi connectivity index (χ0) is 22.2. The molecule has 0 bridgehead atoms. The van der Waals surface area contributed by atoms with Crippen LogP contribution in [0.4, 0.5) is 17.1 Å². The molecule has 0 heterocycles. The lowest BCUT2D eigenvalue weighted by atomic mass is 10.1. The van der Waals surface area contributed by atoms with Gasteiger partial charge in [-0.2, -0.15) is 0 Å². The first kappa shape index (κ1) is 22.7. The average molecular weight is 452 g/mol. The highest BCUT2D eigenvalue weighted by atomic mass is 32.2. The largest absolute Gasteiger partial charge is 0.495 e. The Morgan fingerprint density at radius 2 is 1.65 bits per heavy atom. The highest BCUT2D eigenvalue weighted by molar-refractivity contribution is 8.00. The molecule has 3 aromatic carbocycles. The van der Waals surface area contributed by atoms with Crippen LogP contribution in [0.1, 0.15) is 11.1 Å². The highest BCUT2D eigenvalue weighted by Crippen LogP contribution is 2.25. The van der Waals surface area contributed by atoms with Gasteiger partial charge >= 0.3 is 0 Å². The quantitative estimate of drug-likeness (QED) is 0.309. The summed E-state index contributed by atoms with van der Waals surface area (Å²) >= 11 is 6.90. The van der Waals surface area contributed by atoms with Gasteiger partial charge in [0.05, 0.1) is 18.6 Å². The second kappa shape index (κ2) is 10.8. The Bertz CT molecular complexity index is 1070. The molecule has 0 atom stereocenters. The summed E-state index contributed by atoms with van der Waals surface area (Å²) < 4.78 is 5.34. The lowest BCUT2D eigenvalue weighted by molar-refractivity contribution is -0.113. The van der Waals surface area contributed by atoms with Gasteiger partial charge in [0, 0.05) is 16.3 Å². The van der Waals surface area contributed by atoms with Gasteiger partial charge in [0.15, 0.2) is 5.11 Å². The summed E-state index contributed by atoms with van der Waals surface area (Å²) in [5, 5.41) is 9.79. The second-order valence-electron chi connectivity index (χ2n) is 6.91. The summed E-state index contributed by atoms with van der Waals surface area (Å²) in [7, 11) is 1.62. The van der Waals surface area contributed by atoms with E-state index >= 15 is 0 Å². The zero-order valence-electron chi connectivity index (χ0n) is 17.7. The van der Waals surface area contributed by atoms with Gasteiger partial charge in [-0.1, -0.05) is 36.4 Å². The van der Waals surface area contributed by atoms with E-state index < -0.39 is 0 Å². The summed E-state index contributed by atoms with van der Waals surface area (Å²) in [6.45, 7) is 3.99. The highest BCUT2D eigenvalue weighted by Gasteiger charge is 2.09. The molecule has 0 saturated heterocycles. The Kier molecular flexibility index (Phi) is 7.92. The van der Waals surface area contributed by atoms with Crippen molar-refractivity contribution in [1.82, 2.24) is 0 Å². The molecule has 3 aromatic rings. The Labute approximate surface area is 192 Å². The summed E-state index contributed by atoms with van der Waals surface area (Å²) in [4.78, 5) is 13.4. The third-order valence-corrected chi connectivity index (χ3v) is 5.76. The fourth-order valence-electron chi connectivity index (χ4n) is 3.03. The second-order valence-corrected chi connectivity index (χ2v) is 8.37. The number of hydrogen-bond acceptors (Lipinski definition) is 4. The number of para-hydroxylation sites is 3. The number of amides is 1. The van der Waals surface area contributed by atoms with Gasteiger partial charge in [-0.25, -0.2) is 0 Å². The maximum atomic E-state index is 12.4. The van der Waals surface area contributed by atoms with E-state index in [1.54, 1.807) is 7.11 Å². The van der Waals surface area contributed by atoms with Gasteiger partial charge in [0.2, 0.25) is 5.91 Å². The lowest BCUT2D eigenvalue weighted by Crippen LogP contribution is -2.19. The first-order valence-corrected chi connectivity index (χ1v) is 11.2. The van der Waals surface area contributed by atoms with Crippen LogP contribution in [0.15, 0.2) is 71.6 Å². The van der Waals surface area contributed by atoms with Gasteiger partial charge < -0.3 is 20.7 Å². The molecule has 3 rings (SSSR count). The van der Waals surface area contributed by atoms with Crippen molar-refractivity contribution < 1.29 is 9.53 Å². The first-order valence-electron chi connectivity index (χ1n) is 9.76. The molecule has 3 N–H and O–H groups in total. The zero-order valence-corrected chi connectivity index (χ0v) is 19.3. The first-order chi connectivity index (χ1) is 15.0.